The molecule has 94 valence electrons. The Morgan fingerprint density at radius 1 is 1.22 bits per heavy atom. The number of rotatable bonds is 4. The molecular formula is C15H18N2O. The average Bonchev–Trinajstić information content (AvgIpc) is 2.74. The van der Waals surface area contributed by atoms with Crippen molar-refractivity contribution in [2.45, 2.75) is 26.7 Å². The first-order valence-electron chi connectivity index (χ1n) is 6.32. The van der Waals surface area contributed by atoms with E-state index < -0.39 is 0 Å². The van der Waals surface area contributed by atoms with Crippen molar-refractivity contribution < 1.29 is 4.79 Å². The molecule has 0 fully saturated rings. The zero-order chi connectivity index (χ0) is 13.1. The molecule has 3 heteroatoms. The topological polar surface area (TPSA) is 34.9 Å². The average molecular weight is 242 g/mol. The number of nitrogens with zero attached hydrogens (tertiary/aromatic N) is 2. The maximum absolute atomic E-state index is 11.2. The molecule has 0 atom stereocenters. The molecule has 0 unspecified atom stereocenters. The quantitative estimate of drug-likeness (QED) is 0.772. The van der Waals surface area contributed by atoms with Crippen LogP contribution in [0.1, 0.15) is 35.6 Å². The molecular weight excluding hydrogens is 224 g/mol. The molecule has 18 heavy (non-hydrogen) atoms. The molecule has 3 nitrogen and oxygen atoms in total. The fraction of sp³-hybridized carbons (Fsp3) is 0.333. The minimum atomic E-state index is 0.731. The predicted molar refractivity (Wildman–Crippen MR) is 72.8 cm³/mol. The van der Waals surface area contributed by atoms with E-state index in [2.05, 4.69) is 18.9 Å². The molecule has 0 aliphatic heterocycles. The van der Waals surface area contributed by atoms with Crippen LogP contribution in [0, 0.1) is 0 Å². The van der Waals surface area contributed by atoms with E-state index in [1.54, 1.807) is 0 Å². The van der Waals surface area contributed by atoms with E-state index in [-0.39, 0.29) is 0 Å². The van der Waals surface area contributed by atoms with Crippen LogP contribution < -0.4 is 0 Å². The van der Waals surface area contributed by atoms with E-state index in [9.17, 15) is 4.79 Å². The lowest BCUT2D eigenvalue weighted by Crippen LogP contribution is -1.97. The van der Waals surface area contributed by atoms with Gasteiger partial charge in [0.1, 0.15) is 0 Å². The Kier molecular flexibility index (Phi) is 3.60. The molecule has 0 saturated heterocycles. The van der Waals surface area contributed by atoms with Crippen LogP contribution in [0.3, 0.4) is 0 Å². The Bertz CT molecular complexity index is 570. The number of aldehydes is 1. The summed E-state index contributed by atoms with van der Waals surface area (Å²) in [5, 5.41) is 4.55. The smallest absolute Gasteiger partial charge is 0.150 e. The van der Waals surface area contributed by atoms with Crippen molar-refractivity contribution in [3.8, 4) is 11.1 Å². The molecule has 2 aromatic rings. The van der Waals surface area contributed by atoms with Gasteiger partial charge >= 0.3 is 0 Å². The molecule has 0 aliphatic carbocycles. The minimum Gasteiger partial charge on any atom is -0.298 e. The predicted octanol–water partition coefficient (Wildman–Crippen LogP) is 3.02. The second-order valence-corrected chi connectivity index (χ2v) is 4.30. The van der Waals surface area contributed by atoms with Crippen LogP contribution in [-0.2, 0) is 19.9 Å². The third-order valence-corrected chi connectivity index (χ3v) is 3.27. The van der Waals surface area contributed by atoms with Gasteiger partial charge in [0, 0.05) is 23.9 Å². The van der Waals surface area contributed by atoms with Crippen LogP contribution in [0.25, 0.3) is 11.1 Å². The molecule has 0 radical (unpaired) electrons. The molecule has 2 rings (SSSR count). The van der Waals surface area contributed by atoms with Gasteiger partial charge in [-0.15, -0.1) is 0 Å². The lowest BCUT2D eigenvalue weighted by molar-refractivity contribution is 0.112. The van der Waals surface area contributed by atoms with Crippen molar-refractivity contribution in [1.29, 1.82) is 0 Å². The number of hydrogen-bond acceptors (Lipinski definition) is 2. The van der Waals surface area contributed by atoms with Crippen LogP contribution in [0.15, 0.2) is 24.3 Å². The summed E-state index contributed by atoms with van der Waals surface area (Å²) in [6.07, 6.45) is 2.70. The standard InChI is InChI=1S/C15H18N2O/c1-4-13-15(14(5-2)17(3)16-13)12-9-7-6-8-11(12)10-18/h6-10H,4-5H2,1-3H3. The van der Waals surface area contributed by atoms with Crippen LogP contribution in [0.5, 0.6) is 0 Å². The Morgan fingerprint density at radius 3 is 2.56 bits per heavy atom. The number of carbonyl (C=O) groups is 1. The van der Waals surface area contributed by atoms with Gasteiger partial charge in [-0.2, -0.15) is 5.10 Å². The van der Waals surface area contributed by atoms with Crippen molar-refractivity contribution in [3.63, 3.8) is 0 Å². The Labute approximate surface area is 107 Å². The van der Waals surface area contributed by atoms with Crippen LogP contribution in [0.2, 0.25) is 0 Å². The van der Waals surface area contributed by atoms with Gasteiger partial charge in [0.15, 0.2) is 6.29 Å². The number of aryl methyl sites for hydroxylation is 2. The summed E-state index contributed by atoms with van der Waals surface area (Å²) in [6, 6.07) is 7.71. The molecule has 1 heterocycles. The Morgan fingerprint density at radius 2 is 1.94 bits per heavy atom. The van der Waals surface area contributed by atoms with E-state index in [1.807, 2.05) is 36.0 Å². The highest BCUT2D eigenvalue weighted by molar-refractivity contribution is 5.88. The molecule has 1 aromatic heterocycles. The highest BCUT2D eigenvalue weighted by Crippen LogP contribution is 2.30. The molecule has 0 amide bonds. The second kappa shape index (κ2) is 5.17. The maximum atomic E-state index is 11.2. The summed E-state index contributed by atoms with van der Waals surface area (Å²) >= 11 is 0. The summed E-state index contributed by atoms with van der Waals surface area (Å²) in [5.41, 5.74) is 5.10. The lowest BCUT2D eigenvalue weighted by atomic mass is 9.96. The van der Waals surface area contributed by atoms with E-state index in [0.29, 0.717) is 0 Å². The lowest BCUT2D eigenvalue weighted by Gasteiger charge is -2.07. The minimum absolute atomic E-state index is 0.731. The van der Waals surface area contributed by atoms with Crippen LogP contribution in [-0.4, -0.2) is 16.1 Å². The summed E-state index contributed by atoms with van der Waals surface area (Å²) < 4.78 is 1.93. The fourth-order valence-corrected chi connectivity index (χ4v) is 2.41. The fourth-order valence-electron chi connectivity index (χ4n) is 2.41. The van der Waals surface area contributed by atoms with Gasteiger partial charge in [-0.25, -0.2) is 0 Å². The van der Waals surface area contributed by atoms with Gasteiger partial charge in [-0.05, 0) is 18.4 Å². The summed E-state index contributed by atoms with van der Waals surface area (Å²) in [5.74, 6) is 0. The maximum Gasteiger partial charge on any atom is 0.150 e. The van der Waals surface area contributed by atoms with Crippen molar-refractivity contribution in [2.24, 2.45) is 7.05 Å². The molecule has 0 N–H and O–H groups in total. The first-order chi connectivity index (χ1) is 8.72. The Balaban J connectivity index is 2.72. The highest BCUT2D eigenvalue weighted by atomic mass is 16.1. The van der Waals surface area contributed by atoms with Gasteiger partial charge in [-0.1, -0.05) is 38.1 Å². The van der Waals surface area contributed by atoms with E-state index in [1.165, 1.54) is 5.69 Å². The van der Waals surface area contributed by atoms with E-state index in [4.69, 9.17) is 0 Å². The zero-order valence-electron chi connectivity index (χ0n) is 11.1. The third kappa shape index (κ3) is 1.96. The SMILES string of the molecule is CCc1nn(C)c(CC)c1-c1ccccc1C=O. The molecule has 0 bridgehead atoms. The second-order valence-electron chi connectivity index (χ2n) is 4.30. The zero-order valence-corrected chi connectivity index (χ0v) is 11.1. The number of benzene rings is 1. The van der Waals surface area contributed by atoms with Crippen molar-refractivity contribution >= 4 is 6.29 Å². The van der Waals surface area contributed by atoms with Gasteiger partial charge in [0.25, 0.3) is 0 Å². The highest BCUT2D eigenvalue weighted by Gasteiger charge is 2.17. The van der Waals surface area contributed by atoms with Crippen LogP contribution >= 0.6 is 0 Å². The van der Waals surface area contributed by atoms with E-state index in [0.717, 1.165) is 41.5 Å². The molecule has 1 aromatic carbocycles. The Hall–Kier alpha value is -1.90. The summed E-state index contributed by atoms with van der Waals surface area (Å²) in [4.78, 5) is 11.2. The van der Waals surface area contributed by atoms with Crippen LogP contribution in [0.4, 0.5) is 0 Å². The van der Waals surface area contributed by atoms with Gasteiger partial charge < -0.3 is 0 Å². The largest absolute Gasteiger partial charge is 0.298 e. The van der Waals surface area contributed by atoms with E-state index >= 15 is 0 Å². The van der Waals surface area contributed by atoms with Gasteiger partial charge in [0.2, 0.25) is 0 Å². The van der Waals surface area contributed by atoms with Crippen molar-refractivity contribution in [1.82, 2.24) is 9.78 Å². The molecule has 0 aliphatic rings. The van der Waals surface area contributed by atoms with Crippen molar-refractivity contribution in [3.05, 3.63) is 41.2 Å². The number of carbonyl (C=O) groups excluding carboxylic acids is 1. The first kappa shape index (κ1) is 12.6. The van der Waals surface area contributed by atoms with Gasteiger partial charge in [-0.3, -0.25) is 9.48 Å². The summed E-state index contributed by atoms with van der Waals surface area (Å²) in [6.45, 7) is 4.21. The molecule has 0 saturated carbocycles. The molecule has 0 spiro atoms. The summed E-state index contributed by atoms with van der Waals surface area (Å²) in [7, 11) is 1.96. The monoisotopic (exact) mass is 242 g/mol. The van der Waals surface area contributed by atoms with Gasteiger partial charge in [0.05, 0.1) is 5.69 Å². The van der Waals surface area contributed by atoms with Crippen molar-refractivity contribution in [2.75, 3.05) is 0 Å². The number of aromatic nitrogens is 2. The normalized spacial score (nSPS) is 10.6. The number of hydrogen-bond donors (Lipinski definition) is 0. The third-order valence-electron chi connectivity index (χ3n) is 3.27. The first-order valence-corrected chi connectivity index (χ1v) is 6.32.